The first-order chi connectivity index (χ1) is 8.24. The maximum absolute atomic E-state index is 6.13. The molecule has 1 nitrogen and oxygen atoms in total. The highest BCUT2D eigenvalue weighted by Gasteiger charge is 2.38. The van der Waals surface area contributed by atoms with Crippen molar-refractivity contribution < 1.29 is 0 Å². The Kier molecular flexibility index (Phi) is 3.04. The summed E-state index contributed by atoms with van der Waals surface area (Å²) in [6.07, 6.45) is 5.88. The Morgan fingerprint density at radius 3 is 2.88 bits per heavy atom. The predicted octanol–water partition coefficient (Wildman–Crippen LogP) is 4.50. The third kappa shape index (κ3) is 2.18. The number of nitrogens with one attached hydrogen (secondary N) is 1. The van der Waals surface area contributed by atoms with Crippen molar-refractivity contribution in [1.29, 1.82) is 0 Å². The van der Waals surface area contributed by atoms with Crippen molar-refractivity contribution in [3.05, 3.63) is 28.8 Å². The minimum Gasteiger partial charge on any atom is -0.385 e. The molecule has 0 aromatic heterocycles. The molecule has 0 spiro atoms. The first-order valence-corrected chi connectivity index (χ1v) is 7.11. The standard InChI is InChI=1S/C15H20ClN/c1-10-14(16)3-2-4-15(10)17-9-13-8-11-5-6-12(13)7-11/h2-4,11-13,17H,5-9H2,1H3. The fraction of sp³-hybridized carbons (Fsp3) is 0.600. The molecule has 2 fully saturated rings. The van der Waals surface area contributed by atoms with E-state index in [2.05, 4.69) is 18.3 Å². The van der Waals surface area contributed by atoms with E-state index in [4.69, 9.17) is 11.6 Å². The van der Waals surface area contributed by atoms with E-state index in [1.807, 2.05) is 12.1 Å². The molecule has 2 bridgehead atoms. The maximum atomic E-state index is 6.13. The summed E-state index contributed by atoms with van der Waals surface area (Å²) in [6.45, 7) is 3.22. The van der Waals surface area contributed by atoms with Gasteiger partial charge in [-0.25, -0.2) is 0 Å². The largest absolute Gasteiger partial charge is 0.385 e. The third-order valence-electron chi connectivity index (χ3n) is 4.71. The molecule has 2 heteroatoms. The molecule has 2 saturated carbocycles. The van der Waals surface area contributed by atoms with Gasteiger partial charge in [0.25, 0.3) is 0 Å². The number of benzene rings is 1. The summed E-state index contributed by atoms with van der Waals surface area (Å²) in [5.41, 5.74) is 2.39. The summed E-state index contributed by atoms with van der Waals surface area (Å²) >= 11 is 6.13. The van der Waals surface area contributed by atoms with Crippen LogP contribution in [0.5, 0.6) is 0 Å². The molecule has 3 unspecified atom stereocenters. The SMILES string of the molecule is Cc1c(Cl)cccc1NCC1CC2CCC1C2. The summed E-state index contributed by atoms with van der Waals surface area (Å²) in [5, 5.41) is 4.46. The molecule has 1 aromatic carbocycles. The van der Waals surface area contributed by atoms with Crippen LogP contribution in [0.2, 0.25) is 5.02 Å². The van der Waals surface area contributed by atoms with Gasteiger partial charge in [0.1, 0.15) is 0 Å². The fourth-order valence-electron chi connectivity index (χ4n) is 3.67. The van der Waals surface area contributed by atoms with Crippen molar-refractivity contribution in [2.24, 2.45) is 17.8 Å². The van der Waals surface area contributed by atoms with Gasteiger partial charge in [-0.15, -0.1) is 0 Å². The van der Waals surface area contributed by atoms with Gasteiger partial charge in [0, 0.05) is 17.3 Å². The molecule has 3 rings (SSSR count). The number of fused-ring (bicyclic) bond motifs is 2. The Bertz CT molecular complexity index is 415. The zero-order chi connectivity index (χ0) is 11.8. The second-order valence-corrected chi connectivity index (χ2v) is 6.14. The van der Waals surface area contributed by atoms with E-state index in [9.17, 15) is 0 Å². The van der Waals surface area contributed by atoms with Crippen molar-refractivity contribution in [3.63, 3.8) is 0 Å². The first-order valence-electron chi connectivity index (χ1n) is 6.73. The van der Waals surface area contributed by atoms with E-state index in [1.54, 1.807) is 0 Å². The second-order valence-electron chi connectivity index (χ2n) is 5.73. The molecule has 0 heterocycles. The van der Waals surface area contributed by atoms with E-state index in [0.717, 1.165) is 29.3 Å². The molecule has 2 aliphatic carbocycles. The molecule has 0 aliphatic heterocycles. The minimum atomic E-state index is 0.864. The molecular weight excluding hydrogens is 230 g/mol. The van der Waals surface area contributed by atoms with E-state index in [1.165, 1.54) is 36.9 Å². The Morgan fingerprint density at radius 1 is 1.29 bits per heavy atom. The van der Waals surface area contributed by atoms with Crippen LogP contribution in [0, 0.1) is 24.7 Å². The first kappa shape index (κ1) is 11.4. The molecular formula is C15H20ClN. The summed E-state index contributed by atoms with van der Waals surface area (Å²) in [7, 11) is 0. The van der Waals surface area contributed by atoms with Crippen molar-refractivity contribution >= 4 is 17.3 Å². The molecule has 0 radical (unpaired) electrons. The van der Waals surface area contributed by atoms with Gasteiger partial charge in [0.15, 0.2) is 0 Å². The number of hydrogen-bond donors (Lipinski definition) is 1. The predicted molar refractivity (Wildman–Crippen MR) is 73.6 cm³/mol. The van der Waals surface area contributed by atoms with E-state index >= 15 is 0 Å². The van der Waals surface area contributed by atoms with Crippen molar-refractivity contribution in [3.8, 4) is 0 Å². The number of anilines is 1. The van der Waals surface area contributed by atoms with Crippen LogP contribution in [0.15, 0.2) is 18.2 Å². The highest BCUT2D eigenvalue weighted by molar-refractivity contribution is 6.31. The van der Waals surface area contributed by atoms with Crippen molar-refractivity contribution in [1.82, 2.24) is 0 Å². The maximum Gasteiger partial charge on any atom is 0.0455 e. The summed E-state index contributed by atoms with van der Waals surface area (Å²) in [5.74, 6) is 2.92. The highest BCUT2D eigenvalue weighted by atomic mass is 35.5. The third-order valence-corrected chi connectivity index (χ3v) is 5.12. The Labute approximate surface area is 109 Å². The summed E-state index contributed by atoms with van der Waals surface area (Å²) in [4.78, 5) is 0. The van der Waals surface area contributed by atoms with Crippen LogP contribution < -0.4 is 5.32 Å². The lowest BCUT2D eigenvalue weighted by molar-refractivity contribution is 0.348. The lowest BCUT2D eigenvalue weighted by Crippen LogP contribution is -2.20. The Balaban J connectivity index is 1.62. The molecule has 3 atom stereocenters. The second kappa shape index (κ2) is 4.53. The average molecular weight is 250 g/mol. The zero-order valence-corrected chi connectivity index (χ0v) is 11.1. The van der Waals surface area contributed by atoms with E-state index in [-0.39, 0.29) is 0 Å². The fourth-order valence-corrected chi connectivity index (χ4v) is 3.84. The van der Waals surface area contributed by atoms with E-state index in [0.29, 0.717) is 0 Å². The van der Waals surface area contributed by atoms with Crippen LogP contribution in [0.3, 0.4) is 0 Å². The highest BCUT2D eigenvalue weighted by Crippen LogP contribution is 2.48. The number of hydrogen-bond acceptors (Lipinski definition) is 1. The van der Waals surface area contributed by atoms with Gasteiger partial charge >= 0.3 is 0 Å². The molecule has 0 amide bonds. The van der Waals surface area contributed by atoms with Crippen LogP contribution >= 0.6 is 11.6 Å². The van der Waals surface area contributed by atoms with Gasteiger partial charge in [0.2, 0.25) is 0 Å². The van der Waals surface area contributed by atoms with Crippen LogP contribution in [0.25, 0.3) is 0 Å². The van der Waals surface area contributed by atoms with E-state index < -0.39 is 0 Å². The monoisotopic (exact) mass is 249 g/mol. The van der Waals surface area contributed by atoms with Gasteiger partial charge in [0.05, 0.1) is 0 Å². The average Bonchev–Trinajstić information content (AvgIpc) is 2.93. The lowest BCUT2D eigenvalue weighted by atomic mass is 9.89. The van der Waals surface area contributed by atoms with Gasteiger partial charge in [-0.3, -0.25) is 0 Å². The lowest BCUT2D eigenvalue weighted by Gasteiger charge is -2.23. The van der Waals surface area contributed by atoms with Gasteiger partial charge < -0.3 is 5.32 Å². The molecule has 2 aliphatic rings. The van der Waals surface area contributed by atoms with Crippen molar-refractivity contribution in [2.75, 3.05) is 11.9 Å². The van der Waals surface area contributed by atoms with Gasteiger partial charge in [-0.05, 0) is 61.6 Å². The molecule has 1 aromatic rings. The van der Waals surface area contributed by atoms with Gasteiger partial charge in [-0.1, -0.05) is 24.1 Å². The number of rotatable bonds is 3. The molecule has 1 N–H and O–H groups in total. The summed E-state index contributed by atoms with van der Waals surface area (Å²) in [6, 6.07) is 6.12. The van der Waals surface area contributed by atoms with Crippen LogP contribution in [0.1, 0.15) is 31.2 Å². The quantitative estimate of drug-likeness (QED) is 0.832. The summed E-state index contributed by atoms with van der Waals surface area (Å²) < 4.78 is 0. The molecule has 0 saturated heterocycles. The topological polar surface area (TPSA) is 12.0 Å². The zero-order valence-electron chi connectivity index (χ0n) is 10.4. The molecule has 17 heavy (non-hydrogen) atoms. The molecule has 92 valence electrons. The van der Waals surface area contributed by atoms with Crippen LogP contribution in [-0.2, 0) is 0 Å². The van der Waals surface area contributed by atoms with Crippen LogP contribution in [-0.4, -0.2) is 6.54 Å². The number of halogens is 1. The smallest absolute Gasteiger partial charge is 0.0455 e. The Morgan fingerprint density at radius 2 is 2.18 bits per heavy atom. The Hall–Kier alpha value is -0.690. The normalized spacial score (nSPS) is 30.8. The van der Waals surface area contributed by atoms with Gasteiger partial charge in [-0.2, -0.15) is 0 Å². The minimum absolute atomic E-state index is 0.864. The van der Waals surface area contributed by atoms with Crippen LogP contribution in [0.4, 0.5) is 5.69 Å². The van der Waals surface area contributed by atoms with Crippen molar-refractivity contribution in [2.45, 2.75) is 32.6 Å².